The molecule has 0 amide bonds. The number of likely N-dealkylation sites (N-methyl/N-ethyl adjacent to an activating group) is 1. The van der Waals surface area contributed by atoms with Gasteiger partial charge < -0.3 is 15.4 Å². The highest BCUT2D eigenvalue weighted by atomic mass is 19.1. The quantitative estimate of drug-likeness (QED) is 0.792. The number of benzene rings is 1. The predicted molar refractivity (Wildman–Crippen MR) is 67.6 cm³/mol. The molecule has 0 saturated carbocycles. The summed E-state index contributed by atoms with van der Waals surface area (Å²) in [5, 5.41) is 0. The van der Waals surface area contributed by atoms with Crippen molar-refractivity contribution < 1.29 is 9.13 Å². The number of ether oxygens (including phenoxy) is 1. The Morgan fingerprint density at radius 1 is 1.24 bits per heavy atom. The Hall–Kier alpha value is -1.13. The van der Waals surface area contributed by atoms with Gasteiger partial charge in [-0.25, -0.2) is 4.39 Å². The van der Waals surface area contributed by atoms with E-state index < -0.39 is 0 Å². The third-order valence-electron chi connectivity index (χ3n) is 2.74. The maximum absolute atomic E-state index is 13.2. The van der Waals surface area contributed by atoms with Gasteiger partial charge in [-0.3, -0.25) is 0 Å². The molecule has 0 fully saturated rings. The van der Waals surface area contributed by atoms with Crippen LogP contribution in [0.4, 0.5) is 4.39 Å². The number of nitrogens with zero attached hydrogens (tertiary/aromatic N) is 1. The van der Waals surface area contributed by atoms with E-state index in [0.717, 1.165) is 25.2 Å². The van der Waals surface area contributed by atoms with Crippen molar-refractivity contribution in [1.29, 1.82) is 0 Å². The molecule has 0 aromatic heterocycles. The van der Waals surface area contributed by atoms with Crippen LogP contribution in [-0.4, -0.2) is 31.1 Å². The second-order valence-corrected chi connectivity index (χ2v) is 3.87. The molecule has 0 unspecified atom stereocenters. The summed E-state index contributed by atoms with van der Waals surface area (Å²) in [6.45, 7) is 7.95. The highest BCUT2D eigenvalue weighted by molar-refractivity contribution is 5.29. The van der Waals surface area contributed by atoms with Crippen LogP contribution in [0.1, 0.15) is 19.4 Å². The summed E-state index contributed by atoms with van der Waals surface area (Å²) < 4.78 is 18.7. The summed E-state index contributed by atoms with van der Waals surface area (Å²) in [5.74, 6) is 0.253. The molecular formula is C13H21FN2O. The molecule has 96 valence electrons. The van der Waals surface area contributed by atoms with Gasteiger partial charge in [0.05, 0.1) is 0 Å². The monoisotopic (exact) mass is 240 g/mol. The lowest BCUT2D eigenvalue weighted by Crippen LogP contribution is -2.27. The van der Waals surface area contributed by atoms with E-state index in [1.165, 1.54) is 12.1 Å². The Kier molecular flexibility index (Phi) is 5.94. The molecule has 1 aromatic rings. The average Bonchev–Trinajstić information content (AvgIpc) is 2.34. The zero-order chi connectivity index (χ0) is 12.7. The minimum Gasteiger partial charge on any atom is -0.492 e. The van der Waals surface area contributed by atoms with Crippen molar-refractivity contribution in [2.45, 2.75) is 20.4 Å². The smallest absolute Gasteiger partial charge is 0.127 e. The number of hydrogen-bond acceptors (Lipinski definition) is 3. The summed E-state index contributed by atoms with van der Waals surface area (Å²) in [7, 11) is 0. The first kappa shape index (κ1) is 13.9. The molecule has 0 atom stereocenters. The van der Waals surface area contributed by atoms with Crippen LogP contribution in [0.5, 0.6) is 5.75 Å². The summed E-state index contributed by atoms with van der Waals surface area (Å²) in [5.41, 5.74) is 6.23. The molecule has 17 heavy (non-hydrogen) atoms. The van der Waals surface area contributed by atoms with Gasteiger partial charge in [0.25, 0.3) is 0 Å². The average molecular weight is 240 g/mol. The van der Waals surface area contributed by atoms with Crippen molar-refractivity contribution in [3.8, 4) is 5.75 Å². The molecule has 0 aliphatic rings. The van der Waals surface area contributed by atoms with E-state index in [9.17, 15) is 4.39 Å². The Labute approximate surface area is 102 Å². The fourth-order valence-electron chi connectivity index (χ4n) is 1.65. The van der Waals surface area contributed by atoms with Gasteiger partial charge in [-0.2, -0.15) is 0 Å². The van der Waals surface area contributed by atoms with E-state index in [4.69, 9.17) is 10.5 Å². The maximum atomic E-state index is 13.2. The van der Waals surface area contributed by atoms with E-state index in [0.29, 0.717) is 18.9 Å². The lowest BCUT2D eigenvalue weighted by Gasteiger charge is -2.18. The Bertz CT molecular complexity index is 340. The minimum absolute atomic E-state index is 0.300. The maximum Gasteiger partial charge on any atom is 0.127 e. The lowest BCUT2D eigenvalue weighted by atomic mass is 10.2. The molecular weight excluding hydrogens is 219 g/mol. The normalized spacial score (nSPS) is 10.9. The van der Waals surface area contributed by atoms with E-state index in [2.05, 4.69) is 18.7 Å². The van der Waals surface area contributed by atoms with E-state index >= 15 is 0 Å². The zero-order valence-corrected chi connectivity index (χ0v) is 10.6. The molecule has 4 heteroatoms. The molecule has 1 aromatic carbocycles. The molecule has 1 rings (SSSR count). The molecule has 2 N–H and O–H groups in total. The standard InChI is InChI=1S/C13H21FN2O/c1-3-16(4-2)5-6-17-13-8-11(10-15)7-12(14)9-13/h7-9H,3-6,10,15H2,1-2H3. The van der Waals surface area contributed by atoms with Gasteiger partial charge in [0.15, 0.2) is 0 Å². The fourth-order valence-corrected chi connectivity index (χ4v) is 1.65. The number of rotatable bonds is 7. The molecule has 0 aliphatic carbocycles. The summed E-state index contributed by atoms with van der Waals surface area (Å²) in [4.78, 5) is 2.25. The van der Waals surface area contributed by atoms with Crippen LogP contribution in [0.15, 0.2) is 18.2 Å². The summed E-state index contributed by atoms with van der Waals surface area (Å²) >= 11 is 0. The number of halogens is 1. The van der Waals surface area contributed by atoms with E-state index in [1.54, 1.807) is 6.07 Å². The minimum atomic E-state index is -0.300. The van der Waals surface area contributed by atoms with Gasteiger partial charge in [-0.05, 0) is 30.8 Å². The van der Waals surface area contributed by atoms with Crippen molar-refractivity contribution >= 4 is 0 Å². The first-order valence-electron chi connectivity index (χ1n) is 6.04. The molecule has 0 spiro atoms. The molecule has 0 saturated heterocycles. The topological polar surface area (TPSA) is 38.5 Å². The van der Waals surface area contributed by atoms with Gasteiger partial charge in [-0.15, -0.1) is 0 Å². The molecule has 3 nitrogen and oxygen atoms in total. The Morgan fingerprint density at radius 3 is 2.53 bits per heavy atom. The third kappa shape index (κ3) is 4.71. The van der Waals surface area contributed by atoms with Crippen molar-refractivity contribution in [3.63, 3.8) is 0 Å². The van der Waals surface area contributed by atoms with Crippen LogP contribution < -0.4 is 10.5 Å². The highest BCUT2D eigenvalue weighted by Crippen LogP contribution is 2.16. The van der Waals surface area contributed by atoms with E-state index in [1.807, 2.05) is 0 Å². The van der Waals surface area contributed by atoms with Gasteiger partial charge in [0.1, 0.15) is 18.2 Å². The van der Waals surface area contributed by atoms with Crippen molar-refractivity contribution in [2.75, 3.05) is 26.2 Å². The van der Waals surface area contributed by atoms with E-state index in [-0.39, 0.29) is 5.82 Å². The van der Waals surface area contributed by atoms with Crippen LogP contribution in [0.25, 0.3) is 0 Å². The van der Waals surface area contributed by atoms with Crippen LogP contribution in [-0.2, 0) is 6.54 Å². The van der Waals surface area contributed by atoms with Crippen LogP contribution >= 0.6 is 0 Å². The number of nitrogens with two attached hydrogens (primary N) is 1. The van der Waals surface area contributed by atoms with Crippen molar-refractivity contribution in [1.82, 2.24) is 4.90 Å². The van der Waals surface area contributed by atoms with Gasteiger partial charge >= 0.3 is 0 Å². The molecule has 0 radical (unpaired) electrons. The van der Waals surface area contributed by atoms with Crippen molar-refractivity contribution in [3.05, 3.63) is 29.6 Å². The third-order valence-corrected chi connectivity index (χ3v) is 2.74. The summed E-state index contributed by atoms with van der Waals surface area (Å²) in [6.07, 6.45) is 0. The van der Waals surface area contributed by atoms with Gasteiger partial charge in [-0.1, -0.05) is 13.8 Å². The second-order valence-electron chi connectivity index (χ2n) is 3.87. The first-order chi connectivity index (χ1) is 8.19. The highest BCUT2D eigenvalue weighted by Gasteiger charge is 2.02. The SMILES string of the molecule is CCN(CC)CCOc1cc(F)cc(CN)c1. The zero-order valence-electron chi connectivity index (χ0n) is 10.6. The van der Waals surface area contributed by atoms with Gasteiger partial charge in [0, 0.05) is 19.2 Å². The lowest BCUT2D eigenvalue weighted by molar-refractivity contribution is 0.222. The summed E-state index contributed by atoms with van der Waals surface area (Å²) in [6, 6.07) is 4.60. The molecule has 0 bridgehead atoms. The molecule has 0 aliphatic heterocycles. The Balaban J connectivity index is 2.48. The van der Waals surface area contributed by atoms with Gasteiger partial charge in [0.2, 0.25) is 0 Å². The first-order valence-corrected chi connectivity index (χ1v) is 6.04. The Morgan fingerprint density at radius 2 is 1.94 bits per heavy atom. The molecule has 0 heterocycles. The largest absolute Gasteiger partial charge is 0.492 e. The van der Waals surface area contributed by atoms with Crippen LogP contribution in [0.2, 0.25) is 0 Å². The van der Waals surface area contributed by atoms with Crippen LogP contribution in [0.3, 0.4) is 0 Å². The predicted octanol–water partition coefficient (Wildman–Crippen LogP) is 2.00. The fraction of sp³-hybridized carbons (Fsp3) is 0.538. The number of hydrogen-bond donors (Lipinski definition) is 1. The second kappa shape index (κ2) is 7.25. The van der Waals surface area contributed by atoms with Crippen LogP contribution in [0, 0.1) is 5.82 Å². The van der Waals surface area contributed by atoms with Crippen molar-refractivity contribution in [2.24, 2.45) is 5.73 Å².